The second-order valence-electron chi connectivity index (χ2n) is 8.92. The van der Waals surface area contributed by atoms with Crippen LogP contribution < -0.4 is 24.7 Å². The zero-order valence-corrected chi connectivity index (χ0v) is 21.1. The summed E-state index contributed by atoms with van der Waals surface area (Å²) in [7, 11) is 1.61. The van der Waals surface area contributed by atoms with E-state index in [2.05, 4.69) is 6.07 Å². The summed E-state index contributed by atoms with van der Waals surface area (Å²) < 4.78 is 17.9. The Hall–Kier alpha value is -3.98. The molecule has 2 aliphatic heterocycles. The van der Waals surface area contributed by atoms with Crippen LogP contribution >= 0.6 is 11.8 Å². The van der Waals surface area contributed by atoms with Gasteiger partial charge in [-0.05, 0) is 48.2 Å². The first-order chi connectivity index (χ1) is 18.1. The Kier molecular flexibility index (Phi) is 6.21. The number of thioether (sulfide) groups is 1. The van der Waals surface area contributed by atoms with Gasteiger partial charge in [-0.25, -0.2) is 4.98 Å². The lowest BCUT2D eigenvalue weighted by Crippen LogP contribution is -2.36. The van der Waals surface area contributed by atoms with Crippen molar-refractivity contribution in [1.29, 1.82) is 0 Å². The number of rotatable bonds is 6. The molecule has 2 aliphatic rings. The molecule has 3 aromatic carbocycles. The molecule has 8 nitrogen and oxygen atoms in total. The van der Waals surface area contributed by atoms with E-state index < -0.39 is 0 Å². The van der Waals surface area contributed by atoms with Crippen molar-refractivity contribution in [2.45, 2.75) is 24.5 Å². The third-order valence-electron chi connectivity index (χ3n) is 6.65. The number of carbonyl (C=O) groups is 1. The molecule has 4 aromatic rings. The lowest BCUT2D eigenvalue weighted by molar-refractivity contribution is -0.116. The van der Waals surface area contributed by atoms with E-state index in [4.69, 9.17) is 19.2 Å². The van der Waals surface area contributed by atoms with Crippen LogP contribution in [0.3, 0.4) is 0 Å². The van der Waals surface area contributed by atoms with E-state index >= 15 is 0 Å². The first kappa shape index (κ1) is 23.4. The van der Waals surface area contributed by atoms with E-state index in [1.165, 1.54) is 17.3 Å². The number of ether oxygens (including phenoxy) is 3. The molecule has 1 aromatic heterocycles. The Labute approximate surface area is 217 Å². The Morgan fingerprint density at radius 3 is 2.68 bits per heavy atom. The lowest BCUT2D eigenvalue weighted by atomic mass is 10.0. The van der Waals surface area contributed by atoms with Gasteiger partial charge in [-0.15, -0.1) is 0 Å². The first-order valence-electron chi connectivity index (χ1n) is 12.1. The number of para-hydroxylation sites is 1. The van der Waals surface area contributed by atoms with Crippen LogP contribution in [0.15, 0.2) is 70.6 Å². The van der Waals surface area contributed by atoms with Crippen LogP contribution in [0.5, 0.6) is 17.2 Å². The molecule has 9 heteroatoms. The smallest absolute Gasteiger partial charge is 0.262 e. The number of aromatic nitrogens is 2. The Morgan fingerprint density at radius 1 is 1.08 bits per heavy atom. The van der Waals surface area contributed by atoms with Crippen LogP contribution in [-0.4, -0.2) is 41.7 Å². The van der Waals surface area contributed by atoms with Crippen molar-refractivity contribution >= 4 is 34.3 Å². The predicted molar refractivity (Wildman–Crippen MR) is 142 cm³/mol. The van der Waals surface area contributed by atoms with E-state index in [1.54, 1.807) is 23.8 Å². The molecule has 37 heavy (non-hydrogen) atoms. The Balaban J connectivity index is 1.34. The van der Waals surface area contributed by atoms with Crippen LogP contribution in [-0.2, 0) is 17.8 Å². The van der Waals surface area contributed by atoms with Crippen molar-refractivity contribution in [2.24, 2.45) is 0 Å². The monoisotopic (exact) mass is 515 g/mol. The maximum absolute atomic E-state index is 13.7. The molecular formula is C28H25N3O5S. The molecule has 0 atom stereocenters. The molecule has 1 amide bonds. The minimum Gasteiger partial charge on any atom is -0.497 e. The molecule has 0 N–H and O–H groups in total. The van der Waals surface area contributed by atoms with Crippen LogP contribution in [0.25, 0.3) is 10.9 Å². The third kappa shape index (κ3) is 4.51. The predicted octanol–water partition coefficient (Wildman–Crippen LogP) is 4.25. The molecule has 0 saturated heterocycles. The van der Waals surface area contributed by atoms with Gasteiger partial charge in [0.1, 0.15) is 5.75 Å². The number of methoxy groups -OCH3 is 1. The van der Waals surface area contributed by atoms with Gasteiger partial charge in [-0.3, -0.25) is 14.2 Å². The highest BCUT2D eigenvalue weighted by Gasteiger charge is 2.24. The van der Waals surface area contributed by atoms with Crippen LogP contribution in [0.2, 0.25) is 0 Å². The van der Waals surface area contributed by atoms with Gasteiger partial charge in [0.25, 0.3) is 5.56 Å². The van der Waals surface area contributed by atoms with Crippen molar-refractivity contribution in [3.05, 3.63) is 82.1 Å². The molecule has 188 valence electrons. The molecule has 0 fully saturated rings. The number of anilines is 1. The van der Waals surface area contributed by atoms with E-state index in [1.807, 2.05) is 47.4 Å². The number of benzene rings is 3. The summed E-state index contributed by atoms with van der Waals surface area (Å²) in [5.74, 6) is 1.99. The fourth-order valence-electron chi connectivity index (χ4n) is 4.75. The van der Waals surface area contributed by atoms with Crippen molar-refractivity contribution in [3.8, 4) is 17.2 Å². The van der Waals surface area contributed by atoms with Gasteiger partial charge in [0.2, 0.25) is 12.7 Å². The van der Waals surface area contributed by atoms with E-state index in [0.717, 1.165) is 29.8 Å². The number of nitrogens with zero attached hydrogens (tertiary/aromatic N) is 3. The summed E-state index contributed by atoms with van der Waals surface area (Å²) in [5.41, 5.74) is 3.39. The highest BCUT2D eigenvalue weighted by Crippen LogP contribution is 2.35. The number of carbonyl (C=O) groups excluding carboxylic acids is 1. The second kappa shape index (κ2) is 9.82. The molecule has 6 rings (SSSR count). The van der Waals surface area contributed by atoms with Gasteiger partial charge < -0.3 is 19.1 Å². The largest absolute Gasteiger partial charge is 0.497 e. The lowest BCUT2D eigenvalue weighted by Gasteiger charge is -2.29. The minimum absolute atomic E-state index is 0.00631. The Morgan fingerprint density at radius 2 is 1.86 bits per heavy atom. The number of amides is 1. The maximum Gasteiger partial charge on any atom is 0.262 e. The summed E-state index contributed by atoms with van der Waals surface area (Å²) in [4.78, 5) is 33.6. The molecule has 0 bridgehead atoms. The second-order valence-corrected chi connectivity index (χ2v) is 9.87. The molecule has 3 heterocycles. The maximum atomic E-state index is 13.7. The molecule has 0 radical (unpaired) electrons. The van der Waals surface area contributed by atoms with Crippen molar-refractivity contribution in [2.75, 3.05) is 31.1 Å². The summed E-state index contributed by atoms with van der Waals surface area (Å²) in [6, 6.07) is 19.0. The van der Waals surface area contributed by atoms with Gasteiger partial charge in [-0.1, -0.05) is 42.1 Å². The molecular weight excluding hydrogens is 490 g/mol. The third-order valence-corrected chi connectivity index (χ3v) is 7.61. The van der Waals surface area contributed by atoms with Crippen molar-refractivity contribution < 1.29 is 19.0 Å². The SMILES string of the molecule is COc1ccc(Cn2c(SCC(=O)N3CCCc4ccccc43)nc3cc4c(cc3c2=O)OCO4)cc1. The fourth-order valence-corrected chi connectivity index (χ4v) is 5.63. The number of aryl methyl sites for hydroxylation is 1. The van der Waals surface area contributed by atoms with Crippen LogP contribution in [0.1, 0.15) is 17.5 Å². The van der Waals surface area contributed by atoms with E-state index in [9.17, 15) is 9.59 Å². The first-order valence-corrected chi connectivity index (χ1v) is 13.1. The van der Waals surface area contributed by atoms with Crippen LogP contribution in [0.4, 0.5) is 5.69 Å². The normalized spacial score (nSPS) is 14.0. The zero-order valence-electron chi connectivity index (χ0n) is 20.3. The topological polar surface area (TPSA) is 82.9 Å². The zero-order chi connectivity index (χ0) is 25.4. The number of hydrogen-bond acceptors (Lipinski definition) is 7. The molecule has 0 saturated carbocycles. The highest BCUT2D eigenvalue weighted by atomic mass is 32.2. The average Bonchev–Trinajstić information content (AvgIpc) is 3.40. The summed E-state index contributed by atoms with van der Waals surface area (Å²) >= 11 is 1.28. The van der Waals surface area contributed by atoms with Gasteiger partial charge in [0.05, 0.1) is 30.3 Å². The van der Waals surface area contributed by atoms with Crippen LogP contribution in [0, 0.1) is 0 Å². The summed E-state index contributed by atoms with van der Waals surface area (Å²) in [5, 5.41) is 0.921. The van der Waals surface area contributed by atoms with E-state index in [0.29, 0.717) is 40.6 Å². The molecule has 0 unspecified atom stereocenters. The number of fused-ring (bicyclic) bond motifs is 3. The Bertz CT molecular complexity index is 1550. The number of hydrogen-bond donors (Lipinski definition) is 0. The van der Waals surface area contributed by atoms with Gasteiger partial charge >= 0.3 is 0 Å². The summed E-state index contributed by atoms with van der Waals surface area (Å²) in [6.07, 6.45) is 1.90. The summed E-state index contributed by atoms with van der Waals surface area (Å²) in [6.45, 7) is 1.10. The fraction of sp³-hybridized carbons (Fsp3) is 0.250. The van der Waals surface area contributed by atoms with Gasteiger partial charge in [0.15, 0.2) is 16.7 Å². The van der Waals surface area contributed by atoms with Crippen molar-refractivity contribution in [3.63, 3.8) is 0 Å². The van der Waals surface area contributed by atoms with Gasteiger partial charge in [-0.2, -0.15) is 0 Å². The quantitative estimate of drug-likeness (QED) is 0.280. The minimum atomic E-state index is -0.197. The highest BCUT2D eigenvalue weighted by molar-refractivity contribution is 7.99. The standard InChI is InChI=1S/C28H25N3O5S/c1-34-20-10-8-18(9-11-20)15-31-27(33)21-13-24-25(36-17-35-24)14-22(21)29-28(31)37-16-26(32)30-12-4-6-19-5-2-3-7-23(19)30/h2-3,5,7-11,13-14H,4,6,12,15-17H2,1H3. The molecule has 0 spiro atoms. The van der Waals surface area contributed by atoms with Crippen molar-refractivity contribution in [1.82, 2.24) is 9.55 Å². The average molecular weight is 516 g/mol. The molecule has 0 aliphatic carbocycles. The van der Waals surface area contributed by atoms with E-state index in [-0.39, 0.29) is 24.0 Å². The van der Waals surface area contributed by atoms with Gasteiger partial charge in [0, 0.05) is 18.3 Å².